The Morgan fingerprint density at radius 1 is 1.54 bits per heavy atom. The zero-order valence-electron chi connectivity index (χ0n) is 8.93. The molecule has 2 nitrogen and oxygen atoms in total. The lowest BCUT2D eigenvalue weighted by molar-refractivity contribution is 0.0403. The summed E-state index contributed by atoms with van der Waals surface area (Å²) in [6.07, 6.45) is 6.47. The van der Waals surface area contributed by atoms with E-state index in [2.05, 4.69) is 20.1 Å². The van der Waals surface area contributed by atoms with Gasteiger partial charge in [-0.15, -0.1) is 11.8 Å². The van der Waals surface area contributed by atoms with Crippen molar-refractivity contribution in [1.82, 2.24) is 0 Å². The van der Waals surface area contributed by atoms with E-state index in [0.29, 0.717) is 0 Å². The second kappa shape index (κ2) is 4.20. The normalized spacial score (nSPS) is 24.0. The number of nitrogens with two attached hydrogens (primary N) is 1. The smallest absolute Gasteiger partial charge is 0.0656 e. The highest BCUT2D eigenvalue weighted by atomic mass is 32.2. The SMILES string of the molecule is CCC(N)(CCOC1(C)CC1)SC. The average Bonchev–Trinajstić information content (AvgIpc) is 2.84. The number of ether oxygens (including phenoxy) is 1. The predicted octanol–water partition coefficient (Wildman–Crippen LogP) is 2.37. The van der Waals surface area contributed by atoms with Crippen LogP contribution in [0.3, 0.4) is 0 Å². The maximum absolute atomic E-state index is 6.13. The van der Waals surface area contributed by atoms with Gasteiger partial charge in [0.05, 0.1) is 10.5 Å². The minimum atomic E-state index is -0.0781. The lowest BCUT2D eigenvalue weighted by Crippen LogP contribution is -2.36. The molecule has 0 bridgehead atoms. The maximum Gasteiger partial charge on any atom is 0.0656 e. The summed E-state index contributed by atoms with van der Waals surface area (Å²) in [7, 11) is 0. The fraction of sp³-hybridized carbons (Fsp3) is 1.00. The minimum absolute atomic E-state index is 0.0781. The van der Waals surface area contributed by atoms with Crippen LogP contribution in [0.25, 0.3) is 0 Å². The molecule has 0 aromatic carbocycles. The molecule has 3 heteroatoms. The van der Waals surface area contributed by atoms with Crippen molar-refractivity contribution in [3.63, 3.8) is 0 Å². The summed E-state index contributed by atoms with van der Waals surface area (Å²) in [6.45, 7) is 5.12. The summed E-state index contributed by atoms with van der Waals surface area (Å²) in [5.41, 5.74) is 6.33. The van der Waals surface area contributed by atoms with Gasteiger partial charge in [0, 0.05) is 6.61 Å². The predicted molar refractivity (Wildman–Crippen MR) is 58.9 cm³/mol. The monoisotopic (exact) mass is 203 g/mol. The lowest BCUT2D eigenvalue weighted by Gasteiger charge is -2.26. The molecule has 0 radical (unpaired) electrons. The summed E-state index contributed by atoms with van der Waals surface area (Å²) in [6, 6.07) is 0. The third-order valence-corrected chi connectivity index (χ3v) is 4.24. The Kier molecular flexibility index (Phi) is 3.66. The minimum Gasteiger partial charge on any atom is -0.375 e. The molecule has 1 atom stereocenters. The van der Waals surface area contributed by atoms with Crippen molar-refractivity contribution < 1.29 is 4.74 Å². The van der Waals surface area contributed by atoms with Crippen LogP contribution < -0.4 is 5.73 Å². The molecule has 0 amide bonds. The lowest BCUT2D eigenvalue weighted by atomic mass is 10.1. The van der Waals surface area contributed by atoms with Gasteiger partial charge in [0.25, 0.3) is 0 Å². The number of hydrogen-bond acceptors (Lipinski definition) is 3. The van der Waals surface area contributed by atoms with Gasteiger partial charge in [0.15, 0.2) is 0 Å². The van der Waals surface area contributed by atoms with Gasteiger partial charge >= 0.3 is 0 Å². The Hall–Kier alpha value is 0.270. The molecule has 13 heavy (non-hydrogen) atoms. The standard InChI is InChI=1S/C10H21NOS/c1-4-10(11,13-3)7-8-12-9(2)5-6-9/h4-8,11H2,1-3H3. The van der Waals surface area contributed by atoms with Crippen LogP contribution in [0.1, 0.15) is 39.5 Å². The molecular weight excluding hydrogens is 182 g/mol. The van der Waals surface area contributed by atoms with Crippen LogP contribution in [0.2, 0.25) is 0 Å². The van der Waals surface area contributed by atoms with Crippen molar-refractivity contribution in [3.8, 4) is 0 Å². The summed E-state index contributed by atoms with van der Waals surface area (Å²) < 4.78 is 5.75. The highest BCUT2D eigenvalue weighted by Gasteiger charge is 2.38. The molecule has 0 heterocycles. The van der Waals surface area contributed by atoms with Crippen LogP contribution in [0.4, 0.5) is 0 Å². The topological polar surface area (TPSA) is 35.2 Å². The first-order valence-electron chi connectivity index (χ1n) is 5.02. The van der Waals surface area contributed by atoms with E-state index in [0.717, 1.165) is 19.4 Å². The molecule has 0 saturated heterocycles. The van der Waals surface area contributed by atoms with Crippen molar-refractivity contribution in [3.05, 3.63) is 0 Å². The summed E-state index contributed by atoms with van der Waals surface area (Å²) in [4.78, 5) is -0.0781. The Morgan fingerprint density at radius 2 is 2.15 bits per heavy atom. The van der Waals surface area contributed by atoms with Crippen molar-refractivity contribution in [2.45, 2.75) is 50.0 Å². The van der Waals surface area contributed by atoms with Gasteiger partial charge in [-0.1, -0.05) is 6.92 Å². The molecule has 1 aliphatic carbocycles. The fourth-order valence-electron chi connectivity index (χ4n) is 1.21. The molecule has 1 fully saturated rings. The van der Waals surface area contributed by atoms with Crippen LogP contribution in [0.5, 0.6) is 0 Å². The first kappa shape index (κ1) is 11.3. The number of hydrogen-bond donors (Lipinski definition) is 1. The largest absolute Gasteiger partial charge is 0.375 e. The van der Waals surface area contributed by atoms with E-state index in [9.17, 15) is 0 Å². The molecule has 2 N–H and O–H groups in total. The Labute approximate surface area is 85.6 Å². The van der Waals surface area contributed by atoms with Gasteiger partial charge in [-0.3, -0.25) is 0 Å². The van der Waals surface area contributed by atoms with Crippen molar-refractivity contribution in [1.29, 1.82) is 0 Å². The van der Waals surface area contributed by atoms with Gasteiger partial charge < -0.3 is 10.5 Å². The van der Waals surface area contributed by atoms with E-state index in [1.54, 1.807) is 11.8 Å². The third kappa shape index (κ3) is 3.49. The van der Waals surface area contributed by atoms with Gasteiger partial charge in [0.1, 0.15) is 0 Å². The van der Waals surface area contributed by atoms with Crippen molar-refractivity contribution >= 4 is 11.8 Å². The van der Waals surface area contributed by atoms with Crippen LogP contribution in [0, 0.1) is 0 Å². The number of rotatable bonds is 6. The van der Waals surface area contributed by atoms with E-state index in [-0.39, 0.29) is 10.5 Å². The summed E-state index contributed by atoms with van der Waals surface area (Å²) in [5.74, 6) is 0. The quantitative estimate of drug-likeness (QED) is 0.673. The van der Waals surface area contributed by atoms with E-state index >= 15 is 0 Å². The highest BCUT2D eigenvalue weighted by molar-refractivity contribution is 7.99. The maximum atomic E-state index is 6.13. The molecule has 0 spiro atoms. The molecule has 0 aromatic rings. The van der Waals surface area contributed by atoms with Crippen molar-refractivity contribution in [2.75, 3.05) is 12.9 Å². The van der Waals surface area contributed by atoms with E-state index in [1.165, 1.54) is 12.8 Å². The molecule has 0 aromatic heterocycles. The van der Waals surface area contributed by atoms with Gasteiger partial charge in [0.2, 0.25) is 0 Å². The average molecular weight is 203 g/mol. The Morgan fingerprint density at radius 3 is 2.54 bits per heavy atom. The molecule has 1 unspecified atom stereocenters. The van der Waals surface area contributed by atoms with Gasteiger partial charge in [-0.2, -0.15) is 0 Å². The van der Waals surface area contributed by atoms with Crippen LogP contribution in [0.15, 0.2) is 0 Å². The fourth-order valence-corrected chi connectivity index (χ4v) is 1.79. The van der Waals surface area contributed by atoms with E-state index in [1.807, 2.05) is 0 Å². The Balaban J connectivity index is 2.16. The molecule has 78 valence electrons. The Bertz CT molecular complexity index is 164. The van der Waals surface area contributed by atoms with E-state index in [4.69, 9.17) is 10.5 Å². The van der Waals surface area contributed by atoms with Gasteiger partial charge in [-0.05, 0) is 38.9 Å². The van der Waals surface area contributed by atoms with Gasteiger partial charge in [-0.25, -0.2) is 0 Å². The van der Waals surface area contributed by atoms with E-state index < -0.39 is 0 Å². The van der Waals surface area contributed by atoms with Crippen LogP contribution in [-0.4, -0.2) is 23.3 Å². The molecular formula is C10H21NOS. The number of thioether (sulfide) groups is 1. The van der Waals surface area contributed by atoms with Crippen molar-refractivity contribution in [2.24, 2.45) is 5.73 Å². The molecule has 1 aliphatic rings. The zero-order chi connectivity index (χ0) is 9.95. The summed E-state index contributed by atoms with van der Waals surface area (Å²) >= 11 is 1.74. The molecule has 1 saturated carbocycles. The van der Waals surface area contributed by atoms with Crippen LogP contribution >= 0.6 is 11.8 Å². The summed E-state index contributed by atoms with van der Waals surface area (Å²) in [5, 5.41) is 0. The second-order valence-electron chi connectivity index (χ2n) is 4.17. The first-order valence-corrected chi connectivity index (χ1v) is 6.24. The molecule has 1 rings (SSSR count). The zero-order valence-corrected chi connectivity index (χ0v) is 9.75. The highest BCUT2D eigenvalue weighted by Crippen LogP contribution is 2.39. The first-order chi connectivity index (χ1) is 6.04. The third-order valence-electron chi connectivity index (χ3n) is 2.93. The van der Waals surface area contributed by atoms with Crippen LogP contribution in [-0.2, 0) is 4.74 Å². The second-order valence-corrected chi connectivity index (χ2v) is 5.39. The molecule has 0 aliphatic heterocycles.